The minimum Gasteiger partial charge on any atom is -0.349 e. The van der Waals surface area contributed by atoms with Gasteiger partial charge in [0.15, 0.2) is 0 Å². The van der Waals surface area contributed by atoms with E-state index in [9.17, 15) is 9.18 Å². The van der Waals surface area contributed by atoms with Crippen LogP contribution in [0.1, 0.15) is 48.7 Å². The molecule has 0 atom stereocenters. The Kier molecular flexibility index (Phi) is 6.56. The first-order valence-corrected chi connectivity index (χ1v) is 8.41. The van der Waals surface area contributed by atoms with Crippen molar-refractivity contribution < 1.29 is 9.18 Å². The molecular weight excluding hydrogens is 343 g/mol. The van der Waals surface area contributed by atoms with Crippen molar-refractivity contribution >= 4 is 18.3 Å². The highest BCUT2D eigenvalue weighted by Crippen LogP contribution is 2.23. The molecule has 0 aliphatic carbocycles. The zero-order chi connectivity index (χ0) is 17.1. The molecule has 136 valence electrons. The molecule has 1 aliphatic heterocycles. The predicted octanol–water partition coefficient (Wildman–Crippen LogP) is 3.04. The van der Waals surface area contributed by atoms with Crippen molar-refractivity contribution in [2.75, 3.05) is 13.1 Å². The van der Waals surface area contributed by atoms with Crippen LogP contribution in [-0.2, 0) is 0 Å². The van der Waals surface area contributed by atoms with Crippen LogP contribution in [0, 0.1) is 5.82 Å². The van der Waals surface area contributed by atoms with Crippen LogP contribution >= 0.6 is 12.4 Å². The molecule has 0 spiro atoms. The van der Waals surface area contributed by atoms with E-state index in [-0.39, 0.29) is 36.1 Å². The molecule has 25 heavy (non-hydrogen) atoms. The Morgan fingerprint density at radius 2 is 1.92 bits per heavy atom. The average molecular weight is 367 g/mol. The fraction of sp³-hybridized carbons (Fsp3) is 0.444. The number of amides is 1. The molecule has 1 amide bonds. The summed E-state index contributed by atoms with van der Waals surface area (Å²) in [6.07, 6.45) is 3.48. The Balaban J connectivity index is 0.00000225. The van der Waals surface area contributed by atoms with E-state index in [2.05, 4.69) is 15.7 Å². The summed E-state index contributed by atoms with van der Waals surface area (Å²) in [6, 6.07) is 6.34. The second-order valence-electron chi connectivity index (χ2n) is 6.48. The van der Waals surface area contributed by atoms with E-state index in [1.54, 1.807) is 23.0 Å². The summed E-state index contributed by atoms with van der Waals surface area (Å²) in [5, 5.41) is 10.8. The zero-order valence-corrected chi connectivity index (χ0v) is 15.3. The molecule has 1 aliphatic rings. The van der Waals surface area contributed by atoms with Gasteiger partial charge in [-0.1, -0.05) is 13.8 Å². The molecule has 3 rings (SSSR count). The quantitative estimate of drug-likeness (QED) is 0.874. The van der Waals surface area contributed by atoms with Crippen molar-refractivity contribution in [3.05, 3.63) is 47.5 Å². The van der Waals surface area contributed by atoms with Gasteiger partial charge in [0, 0.05) is 6.04 Å². The van der Waals surface area contributed by atoms with Crippen molar-refractivity contribution in [3.8, 4) is 5.69 Å². The smallest absolute Gasteiger partial charge is 0.255 e. The molecule has 0 unspecified atom stereocenters. The summed E-state index contributed by atoms with van der Waals surface area (Å²) < 4.78 is 14.9. The minimum atomic E-state index is -0.291. The van der Waals surface area contributed by atoms with Crippen LogP contribution in [0.4, 0.5) is 4.39 Å². The Bertz CT molecular complexity index is 708. The van der Waals surface area contributed by atoms with E-state index in [1.165, 1.54) is 12.1 Å². The largest absolute Gasteiger partial charge is 0.349 e. The molecule has 1 fully saturated rings. The van der Waals surface area contributed by atoms with E-state index < -0.39 is 0 Å². The fourth-order valence-electron chi connectivity index (χ4n) is 3.11. The highest BCUT2D eigenvalue weighted by Gasteiger charge is 2.23. The maximum absolute atomic E-state index is 13.2. The SMILES string of the molecule is CC(C)c1c(C(=O)NC2CCNCC2)cnn1-c1ccc(F)cc1.Cl. The lowest BCUT2D eigenvalue weighted by molar-refractivity contribution is 0.0928. The average Bonchev–Trinajstić information content (AvgIpc) is 3.02. The summed E-state index contributed by atoms with van der Waals surface area (Å²) >= 11 is 0. The van der Waals surface area contributed by atoms with Gasteiger partial charge >= 0.3 is 0 Å². The van der Waals surface area contributed by atoms with Gasteiger partial charge in [0.2, 0.25) is 0 Å². The third-order valence-corrected chi connectivity index (χ3v) is 4.34. The second-order valence-corrected chi connectivity index (χ2v) is 6.48. The van der Waals surface area contributed by atoms with Gasteiger partial charge in [0.05, 0.1) is 23.1 Å². The molecule has 7 heteroatoms. The second kappa shape index (κ2) is 8.45. The normalized spacial score (nSPS) is 15.0. The van der Waals surface area contributed by atoms with E-state index in [4.69, 9.17) is 0 Å². The first-order chi connectivity index (χ1) is 11.6. The monoisotopic (exact) mass is 366 g/mol. The highest BCUT2D eigenvalue weighted by atomic mass is 35.5. The number of carbonyl (C=O) groups is 1. The summed E-state index contributed by atoms with van der Waals surface area (Å²) in [7, 11) is 0. The molecule has 2 aromatic rings. The Labute approximate surface area is 153 Å². The lowest BCUT2D eigenvalue weighted by Gasteiger charge is -2.24. The third-order valence-electron chi connectivity index (χ3n) is 4.34. The standard InChI is InChI=1S/C18H23FN4O.ClH/c1-12(2)17-16(18(24)22-14-7-9-20-10-8-14)11-21-23(17)15-5-3-13(19)4-6-15;/h3-6,11-12,14,20H,7-10H2,1-2H3,(H,22,24);1H. The summed E-state index contributed by atoms with van der Waals surface area (Å²) in [5.74, 6) is -0.258. The summed E-state index contributed by atoms with van der Waals surface area (Å²) in [6.45, 7) is 5.91. The van der Waals surface area contributed by atoms with Gasteiger partial charge in [-0.15, -0.1) is 12.4 Å². The topological polar surface area (TPSA) is 59.0 Å². The molecule has 0 saturated carbocycles. The first-order valence-electron chi connectivity index (χ1n) is 8.41. The van der Waals surface area contributed by atoms with Gasteiger partial charge in [-0.05, 0) is 56.1 Å². The van der Waals surface area contributed by atoms with Crippen molar-refractivity contribution in [2.24, 2.45) is 0 Å². The number of carbonyl (C=O) groups excluding carboxylic acids is 1. The maximum Gasteiger partial charge on any atom is 0.255 e. The van der Waals surface area contributed by atoms with Crippen LogP contribution in [0.5, 0.6) is 0 Å². The molecule has 2 N–H and O–H groups in total. The van der Waals surface area contributed by atoms with Crippen LogP contribution in [0.15, 0.2) is 30.5 Å². The van der Waals surface area contributed by atoms with Crippen molar-refractivity contribution in [1.29, 1.82) is 0 Å². The number of rotatable bonds is 4. The van der Waals surface area contributed by atoms with Gasteiger partial charge in [-0.3, -0.25) is 4.79 Å². The number of hydrogen-bond acceptors (Lipinski definition) is 3. The summed E-state index contributed by atoms with van der Waals surface area (Å²) in [5.41, 5.74) is 2.18. The van der Waals surface area contributed by atoms with Gasteiger partial charge in [0.1, 0.15) is 5.82 Å². The molecule has 0 radical (unpaired) electrons. The zero-order valence-electron chi connectivity index (χ0n) is 14.5. The third kappa shape index (κ3) is 4.38. The van der Waals surface area contributed by atoms with E-state index in [1.807, 2.05) is 13.8 Å². The lowest BCUT2D eigenvalue weighted by Crippen LogP contribution is -2.42. The predicted molar refractivity (Wildman–Crippen MR) is 98.2 cm³/mol. The summed E-state index contributed by atoms with van der Waals surface area (Å²) in [4.78, 5) is 12.7. The molecule has 1 aromatic carbocycles. The molecule has 2 heterocycles. The fourth-order valence-corrected chi connectivity index (χ4v) is 3.11. The number of nitrogens with zero attached hydrogens (tertiary/aromatic N) is 2. The number of piperidine rings is 1. The van der Waals surface area contributed by atoms with Gasteiger partial charge in [-0.2, -0.15) is 5.10 Å². The number of nitrogens with one attached hydrogen (secondary N) is 2. The molecule has 1 saturated heterocycles. The van der Waals surface area contributed by atoms with Crippen LogP contribution in [0.25, 0.3) is 5.69 Å². The van der Waals surface area contributed by atoms with Gasteiger partial charge in [0.25, 0.3) is 5.91 Å². The van der Waals surface area contributed by atoms with E-state index >= 15 is 0 Å². The molecule has 0 bridgehead atoms. The van der Waals surface area contributed by atoms with Crippen molar-refractivity contribution in [2.45, 2.75) is 38.6 Å². The molecule has 1 aromatic heterocycles. The first kappa shape index (κ1) is 19.4. The molecular formula is C18H24ClFN4O. The maximum atomic E-state index is 13.2. The van der Waals surface area contributed by atoms with Crippen LogP contribution in [0.2, 0.25) is 0 Å². The highest BCUT2D eigenvalue weighted by molar-refractivity contribution is 5.95. The number of halogens is 2. The number of hydrogen-bond donors (Lipinski definition) is 2. The van der Waals surface area contributed by atoms with E-state index in [0.717, 1.165) is 37.3 Å². The Morgan fingerprint density at radius 3 is 2.52 bits per heavy atom. The molecule has 5 nitrogen and oxygen atoms in total. The van der Waals surface area contributed by atoms with Gasteiger partial charge in [-0.25, -0.2) is 9.07 Å². The van der Waals surface area contributed by atoms with Gasteiger partial charge < -0.3 is 10.6 Å². The number of aromatic nitrogens is 2. The minimum absolute atomic E-state index is 0. The van der Waals surface area contributed by atoms with Crippen LogP contribution in [0.3, 0.4) is 0 Å². The lowest BCUT2D eigenvalue weighted by atomic mass is 10.0. The van der Waals surface area contributed by atoms with Crippen molar-refractivity contribution in [1.82, 2.24) is 20.4 Å². The number of benzene rings is 1. The van der Waals surface area contributed by atoms with Crippen LogP contribution in [-0.4, -0.2) is 34.8 Å². The Morgan fingerprint density at radius 1 is 1.28 bits per heavy atom. The van der Waals surface area contributed by atoms with Crippen LogP contribution < -0.4 is 10.6 Å². The Hall–Kier alpha value is -1.92. The van der Waals surface area contributed by atoms with Crippen molar-refractivity contribution in [3.63, 3.8) is 0 Å². The van der Waals surface area contributed by atoms with E-state index in [0.29, 0.717) is 5.56 Å².